The van der Waals surface area contributed by atoms with Crippen LogP contribution in [0.15, 0.2) is 0 Å². The van der Waals surface area contributed by atoms with Crippen LogP contribution < -0.4 is 0 Å². The Bertz CT molecular complexity index is 743. The van der Waals surface area contributed by atoms with Gasteiger partial charge in [0.2, 0.25) is 5.79 Å². The Hall–Kier alpha value is -0.970. The minimum atomic E-state index is -2.29. The Morgan fingerprint density at radius 1 is 0.698 bits per heavy atom. The van der Waals surface area contributed by atoms with Crippen LogP contribution in [0.4, 0.5) is 0 Å². The molecule has 0 aliphatic carbocycles. The molecule has 2 fully saturated rings. The van der Waals surface area contributed by atoms with Gasteiger partial charge in [0.25, 0.3) is 0 Å². The van der Waals surface area contributed by atoms with Crippen LogP contribution in [0.1, 0.15) is 110 Å². The summed E-state index contributed by atoms with van der Waals surface area (Å²) in [5, 5.41) is 70.3. The average Bonchev–Trinajstić information content (AvgIpc) is 3.25. The van der Waals surface area contributed by atoms with E-state index in [0.717, 1.165) is 19.3 Å². The highest BCUT2D eigenvalue weighted by Crippen LogP contribution is 2.36. The van der Waals surface area contributed by atoms with Gasteiger partial charge in [-0.3, -0.25) is 4.89 Å². The van der Waals surface area contributed by atoms with Crippen molar-refractivity contribution in [3.05, 3.63) is 0 Å². The minimum absolute atomic E-state index is 0.155. The molecule has 43 heavy (non-hydrogen) atoms. The summed E-state index contributed by atoms with van der Waals surface area (Å²) >= 11 is 0. The van der Waals surface area contributed by atoms with Gasteiger partial charge in [-0.05, 0) is 6.42 Å². The van der Waals surface area contributed by atoms with Crippen LogP contribution >= 0.6 is 0 Å². The summed E-state index contributed by atoms with van der Waals surface area (Å²) in [7, 11) is 0. The predicted octanol–water partition coefficient (Wildman–Crippen LogP) is 1.35. The van der Waals surface area contributed by atoms with Crippen LogP contribution in [0.25, 0.3) is 0 Å². The van der Waals surface area contributed by atoms with Gasteiger partial charge in [-0.25, -0.2) is 4.79 Å². The highest BCUT2D eigenvalue weighted by molar-refractivity contribution is 5.68. The van der Waals surface area contributed by atoms with Gasteiger partial charge in [-0.15, -0.1) is 0 Å². The zero-order valence-electron chi connectivity index (χ0n) is 25.6. The fourth-order valence-corrected chi connectivity index (χ4v) is 5.47. The first-order valence-corrected chi connectivity index (χ1v) is 16.2. The van der Waals surface area contributed by atoms with Crippen molar-refractivity contribution in [2.45, 2.75) is 164 Å². The van der Waals surface area contributed by atoms with Gasteiger partial charge in [-0.1, -0.05) is 96.8 Å². The zero-order chi connectivity index (χ0) is 31.7. The topological polar surface area (TPSA) is 205 Å². The highest BCUT2D eigenvalue weighted by atomic mass is 17.2. The molecule has 0 aromatic heterocycles. The van der Waals surface area contributed by atoms with E-state index < -0.39 is 80.6 Å². The number of aliphatic hydroxyl groups excluding tert-OH is 7. The second kappa shape index (κ2) is 20.9. The lowest BCUT2D eigenvalue weighted by molar-refractivity contribution is -0.391. The summed E-state index contributed by atoms with van der Waals surface area (Å²) in [5.41, 5.74) is 0. The molecule has 0 unspecified atom stereocenters. The summed E-state index contributed by atoms with van der Waals surface area (Å²) in [6.45, 7) is 0.0289. The van der Waals surface area contributed by atoms with Gasteiger partial charge >= 0.3 is 5.97 Å². The van der Waals surface area contributed by atoms with E-state index in [1.807, 2.05) is 0 Å². The van der Waals surface area contributed by atoms with Crippen LogP contribution in [0.2, 0.25) is 0 Å². The number of hydrogen-bond donors (Lipinski definition) is 7. The standard InChI is InChI=1S/C30H56O13/c1-2-3-4-5-6-7-8-9-10-11-12-13-14-15-16-17-23(33)43-39-19-22-24(34)26(36)27(37)29(40-22)42-30(20-32)28(38)25(35)21(18-31)41-30/h21-22,24-29,31-32,34-38H,2-20H2,1H3/t21-,22-,24-,25-,26+,27-,28+,29-,30+/m1/s1. The molecular weight excluding hydrogens is 568 g/mol. The van der Waals surface area contributed by atoms with E-state index >= 15 is 0 Å². The molecule has 0 spiro atoms. The van der Waals surface area contributed by atoms with Gasteiger partial charge in [0, 0.05) is 6.42 Å². The third-order valence-electron chi connectivity index (χ3n) is 8.26. The first kappa shape index (κ1) is 38.2. The quantitative estimate of drug-likeness (QED) is 0.0488. The van der Waals surface area contributed by atoms with Gasteiger partial charge in [0.15, 0.2) is 6.29 Å². The number of unbranched alkanes of at least 4 members (excludes halogenated alkanes) is 14. The van der Waals surface area contributed by atoms with Crippen molar-refractivity contribution in [2.75, 3.05) is 19.8 Å². The van der Waals surface area contributed by atoms with Crippen LogP contribution in [-0.2, 0) is 28.8 Å². The lowest BCUT2D eigenvalue weighted by Gasteiger charge is -2.43. The normalized spacial score (nSPS) is 32.7. The van der Waals surface area contributed by atoms with Crippen LogP contribution in [0.3, 0.4) is 0 Å². The molecule has 13 heteroatoms. The summed E-state index contributed by atoms with van der Waals surface area (Å²) in [6.07, 6.45) is 5.22. The van der Waals surface area contributed by atoms with Gasteiger partial charge < -0.3 is 50.0 Å². The second-order valence-electron chi connectivity index (χ2n) is 11.8. The van der Waals surface area contributed by atoms with E-state index in [1.54, 1.807) is 0 Å². The molecule has 0 aromatic carbocycles. The van der Waals surface area contributed by atoms with Crippen LogP contribution in [0.5, 0.6) is 0 Å². The lowest BCUT2D eigenvalue weighted by Crippen LogP contribution is -2.62. The van der Waals surface area contributed by atoms with E-state index in [2.05, 4.69) is 6.92 Å². The molecule has 0 bridgehead atoms. The number of carbonyl (C=O) groups excluding carboxylic acids is 1. The Kier molecular flexibility index (Phi) is 18.6. The van der Waals surface area contributed by atoms with Crippen LogP contribution in [-0.4, -0.2) is 116 Å². The maximum absolute atomic E-state index is 12.0. The molecule has 7 N–H and O–H groups in total. The minimum Gasteiger partial charge on any atom is -0.394 e. The van der Waals surface area contributed by atoms with Crippen molar-refractivity contribution >= 4 is 5.97 Å². The van der Waals surface area contributed by atoms with Crippen molar-refractivity contribution in [1.29, 1.82) is 0 Å². The average molecular weight is 625 g/mol. The van der Waals surface area contributed by atoms with E-state index in [9.17, 15) is 40.5 Å². The molecule has 0 aromatic rings. The van der Waals surface area contributed by atoms with Crippen LogP contribution in [0, 0.1) is 0 Å². The maximum atomic E-state index is 12.0. The summed E-state index contributed by atoms with van der Waals surface area (Å²) in [6, 6.07) is 0. The third kappa shape index (κ3) is 12.4. The fourth-order valence-electron chi connectivity index (χ4n) is 5.47. The third-order valence-corrected chi connectivity index (χ3v) is 8.26. The Balaban J connectivity index is 1.58. The van der Waals surface area contributed by atoms with Gasteiger partial charge in [0.05, 0.1) is 6.61 Å². The molecule has 9 atom stereocenters. The van der Waals surface area contributed by atoms with Gasteiger partial charge in [-0.2, -0.15) is 4.89 Å². The Morgan fingerprint density at radius 3 is 1.72 bits per heavy atom. The smallest absolute Gasteiger partial charge is 0.342 e. The van der Waals surface area contributed by atoms with Crippen molar-refractivity contribution in [1.82, 2.24) is 0 Å². The maximum Gasteiger partial charge on any atom is 0.342 e. The SMILES string of the molecule is CCCCCCCCCCCCCCCCCC(=O)OOC[C@H]1O[C@H](O[C@]2(CO)O[C@H](CO)[C@@H](O)[C@@H]2O)[C@H](O)[C@@H](O)[C@@H]1O. The summed E-state index contributed by atoms with van der Waals surface area (Å²) in [4.78, 5) is 21.7. The van der Waals surface area contributed by atoms with Gasteiger partial charge in [0.1, 0.15) is 55.9 Å². The molecule has 0 radical (unpaired) electrons. The predicted molar refractivity (Wildman–Crippen MR) is 153 cm³/mol. The molecule has 2 saturated heterocycles. The Morgan fingerprint density at radius 2 is 1.23 bits per heavy atom. The van der Waals surface area contributed by atoms with Crippen molar-refractivity contribution in [2.24, 2.45) is 0 Å². The first-order chi connectivity index (χ1) is 20.7. The molecule has 13 nitrogen and oxygen atoms in total. The Labute approximate surface area is 255 Å². The van der Waals surface area contributed by atoms with Crippen molar-refractivity contribution < 1.29 is 64.5 Å². The molecule has 0 saturated carbocycles. The molecule has 2 heterocycles. The van der Waals surface area contributed by atoms with Crippen molar-refractivity contribution in [3.63, 3.8) is 0 Å². The van der Waals surface area contributed by atoms with E-state index in [-0.39, 0.29) is 6.42 Å². The number of ether oxygens (including phenoxy) is 3. The lowest BCUT2D eigenvalue weighted by atomic mass is 9.99. The first-order valence-electron chi connectivity index (χ1n) is 16.2. The van der Waals surface area contributed by atoms with Crippen molar-refractivity contribution in [3.8, 4) is 0 Å². The van der Waals surface area contributed by atoms with E-state index in [1.165, 1.54) is 70.6 Å². The largest absolute Gasteiger partial charge is 0.394 e. The number of aliphatic hydroxyl groups is 7. The van der Waals surface area contributed by atoms with E-state index in [4.69, 9.17) is 24.0 Å². The number of carbonyl (C=O) groups is 1. The highest BCUT2D eigenvalue weighted by Gasteiger charge is 2.58. The van der Waals surface area contributed by atoms with E-state index in [0.29, 0.717) is 6.42 Å². The second-order valence-corrected chi connectivity index (χ2v) is 11.8. The zero-order valence-corrected chi connectivity index (χ0v) is 25.6. The number of hydrogen-bond acceptors (Lipinski definition) is 13. The molecule has 0 amide bonds. The summed E-state index contributed by atoms with van der Waals surface area (Å²) in [5.74, 6) is -2.88. The number of rotatable bonds is 23. The fraction of sp³-hybridized carbons (Fsp3) is 0.967. The monoisotopic (exact) mass is 624 g/mol. The molecule has 2 aliphatic heterocycles. The molecule has 2 rings (SSSR count). The molecule has 254 valence electrons. The summed E-state index contributed by atoms with van der Waals surface area (Å²) < 4.78 is 16.2. The molecule has 2 aliphatic rings. The molecular formula is C30H56O13.